The van der Waals surface area contributed by atoms with Crippen molar-refractivity contribution in [2.24, 2.45) is 5.92 Å². The molecule has 22 heavy (non-hydrogen) atoms. The number of carboxylic acids is 1. The molecule has 7 heteroatoms. The van der Waals surface area contributed by atoms with Gasteiger partial charge in [0, 0.05) is 18.5 Å². The van der Waals surface area contributed by atoms with Crippen LogP contribution in [0, 0.1) is 12.8 Å². The quantitative estimate of drug-likeness (QED) is 0.841. The number of aromatic nitrogens is 3. The van der Waals surface area contributed by atoms with Crippen molar-refractivity contribution < 1.29 is 14.7 Å². The molecular weight excluding hydrogens is 284 g/mol. The van der Waals surface area contributed by atoms with E-state index >= 15 is 0 Å². The number of nitrogens with zero attached hydrogens (tertiary/aromatic N) is 3. The standard InChI is InChI=1S/C15H18N4O3/c1-10(5-14(20)21)7-17-15(22)13-4-3-12(6-11(13)2)19-9-16-8-18-19/h3-4,6,8-10H,5,7H2,1-2H3,(H,17,22)(H,20,21). The number of aliphatic carboxylic acids is 1. The van der Waals surface area contributed by atoms with Gasteiger partial charge in [-0.1, -0.05) is 6.92 Å². The Kier molecular flexibility index (Phi) is 4.88. The molecule has 0 aliphatic heterocycles. The highest BCUT2D eigenvalue weighted by atomic mass is 16.4. The van der Waals surface area contributed by atoms with Crippen LogP contribution in [0.5, 0.6) is 0 Å². The fourth-order valence-electron chi connectivity index (χ4n) is 2.12. The summed E-state index contributed by atoms with van der Waals surface area (Å²) in [4.78, 5) is 26.6. The third-order valence-corrected chi connectivity index (χ3v) is 3.27. The number of benzene rings is 1. The smallest absolute Gasteiger partial charge is 0.303 e. The number of hydrogen-bond donors (Lipinski definition) is 2. The average molecular weight is 302 g/mol. The molecule has 2 N–H and O–H groups in total. The minimum absolute atomic E-state index is 0.0322. The number of hydrogen-bond acceptors (Lipinski definition) is 4. The second kappa shape index (κ2) is 6.84. The Morgan fingerprint density at radius 1 is 1.41 bits per heavy atom. The van der Waals surface area contributed by atoms with Crippen molar-refractivity contribution in [3.63, 3.8) is 0 Å². The molecule has 0 spiro atoms. The number of carboxylic acid groups (broad SMARTS) is 1. The van der Waals surface area contributed by atoms with Gasteiger partial charge in [0.2, 0.25) is 0 Å². The Balaban J connectivity index is 2.03. The van der Waals surface area contributed by atoms with Crippen LogP contribution in [-0.4, -0.2) is 38.3 Å². The summed E-state index contributed by atoms with van der Waals surface area (Å²) in [6.45, 7) is 3.96. The number of carbonyl (C=O) groups excluding carboxylic acids is 1. The van der Waals surface area contributed by atoms with Crippen LogP contribution < -0.4 is 5.32 Å². The van der Waals surface area contributed by atoms with Crippen LogP contribution in [-0.2, 0) is 4.79 Å². The van der Waals surface area contributed by atoms with Crippen LogP contribution in [0.25, 0.3) is 5.69 Å². The number of nitrogens with one attached hydrogen (secondary N) is 1. The second-order valence-corrected chi connectivity index (χ2v) is 5.25. The van der Waals surface area contributed by atoms with Gasteiger partial charge in [-0.3, -0.25) is 9.59 Å². The van der Waals surface area contributed by atoms with E-state index in [-0.39, 0.29) is 18.2 Å². The van der Waals surface area contributed by atoms with E-state index in [1.165, 1.54) is 6.33 Å². The summed E-state index contributed by atoms with van der Waals surface area (Å²) in [5, 5.41) is 15.5. The SMILES string of the molecule is Cc1cc(-n2cncn2)ccc1C(=O)NCC(C)CC(=O)O. The van der Waals surface area contributed by atoms with Gasteiger partial charge in [0.25, 0.3) is 5.91 Å². The maximum atomic E-state index is 12.2. The Bertz CT molecular complexity index is 667. The first-order chi connectivity index (χ1) is 10.5. The summed E-state index contributed by atoms with van der Waals surface area (Å²) >= 11 is 0. The largest absolute Gasteiger partial charge is 0.481 e. The Morgan fingerprint density at radius 3 is 2.77 bits per heavy atom. The molecular formula is C15H18N4O3. The maximum absolute atomic E-state index is 12.2. The lowest BCUT2D eigenvalue weighted by atomic mass is 10.1. The molecule has 7 nitrogen and oxygen atoms in total. The lowest BCUT2D eigenvalue weighted by Gasteiger charge is -2.12. The fraction of sp³-hybridized carbons (Fsp3) is 0.333. The fourth-order valence-corrected chi connectivity index (χ4v) is 2.12. The van der Waals surface area contributed by atoms with Crippen molar-refractivity contribution in [2.75, 3.05) is 6.54 Å². The molecule has 0 saturated carbocycles. The summed E-state index contributed by atoms with van der Waals surface area (Å²) in [5.74, 6) is -1.19. The molecule has 0 saturated heterocycles. The van der Waals surface area contributed by atoms with Crippen molar-refractivity contribution in [3.8, 4) is 5.69 Å². The van der Waals surface area contributed by atoms with Crippen molar-refractivity contribution in [1.29, 1.82) is 0 Å². The maximum Gasteiger partial charge on any atom is 0.303 e. The lowest BCUT2D eigenvalue weighted by molar-refractivity contribution is -0.137. The van der Waals surface area contributed by atoms with E-state index < -0.39 is 5.97 Å². The zero-order valence-corrected chi connectivity index (χ0v) is 12.5. The third-order valence-electron chi connectivity index (χ3n) is 3.27. The van der Waals surface area contributed by atoms with Gasteiger partial charge >= 0.3 is 5.97 Å². The van der Waals surface area contributed by atoms with Crippen LogP contribution in [0.4, 0.5) is 0 Å². The van der Waals surface area contributed by atoms with Crippen molar-refractivity contribution in [3.05, 3.63) is 42.0 Å². The molecule has 2 aromatic rings. The van der Waals surface area contributed by atoms with Crippen LogP contribution in [0.3, 0.4) is 0 Å². The van der Waals surface area contributed by atoms with E-state index in [1.54, 1.807) is 30.1 Å². The van der Waals surface area contributed by atoms with E-state index in [1.807, 2.05) is 13.0 Å². The summed E-state index contributed by atoms with van der Waals surface area (Å²) in [5.41, 5.74) is 2.20. The van der Waals surface area contributed by atoms with E-state index in [0.717, 1.165) is 11.3 Å². The predicted octanol–water partition coefficient (Wildman–Crippen LogP) is 1.42. The highest BCUT2D eigenvalue weighted by molar-refractivity contribution is 5.95. The first kappa shape index (κ1) is 15.7. The van der Waals surface area contributed by atoms with Gasteiger partial charge in [-0.25, -0.2) is 9.67 Å². The number of rotatable bonds is 6. The second-order valence-electron chi connectivity index (χ2n) is 5.25. The Morgan fingerprint density at radius 2 is 2.18 bits per heavy atom. The molecule has 1 atom stereocenters. The van der Waals surface area contributed by atoms with Gasteiger partial charge in [0.05, 0.1) is 5.69 Å². The molecule has 1 aromatic carbocycles. The number of aryl methyl sites for hydroxylation is 1. The third kappa shape index (κ3) is 3.91. The van der Waals surface area contributed by atoms with Gasteiger partial charge in [-0.05, 0) is 36.6 Å². The van der Waals surface area contributed by atoms with Gasteiger partial charge in [0.1, 0.15) is 12.7 Å². The van der Waals surface area contributed by atoms with E-state index in [4.69, 9.17) is 5.11 Å². The van der Waals surface area contributed by atoms with Gasteiger partial charge in [0.15, 0.2) is 0 Å². The Hall–Kier alpha value is -2.70. The average Bonchev–Trinajstić information content (AvgIpc) is 2.98. The minimum atomic E-state index is -0.866. The summed E-state index contributed by atoms with van der Waals surface area (Å²) < 4.78 is 1.61. The van der Waals surface area contributed by atoms with E-state index in [9.17, 15) is 9.59 Å². The summed E-state index contributed by atoms with van der Waals surface area (Å²) in [6, 6.07) is 5.37. The number of amides is 1. The molecule has 1 unspecified atom stereocenters. The molecule has 0 fully saturated rings. The highest BCUT2D eigenvalue weighted by Gasteiger charge is 2.13. The monoisotopic (exact) mass is 302 g/mol. The summed E-state index contributed by atoms with van der Waals surface area (Å²) in [6.07, 6.45) is 3.06. The van der Waals surface area contributed by atoms with Gasteiger partial charge < -0.3 is 10.4 Å². The molecule has 1 heterocycles. The molecule has 1 aromatic heterocycles. The first-order valence-corrected chi connectivity index (χ1v) is 6.93. The van der Waals surface area contributed by atoms with E-state index in [0.29, 0.717) is 12.1 Å². The van der Waals surface area contributed by atoms with E-state index in [2.05, 4.69) is 15.4 Å². The van der Waals surface area contributed by atoms with Crippen molar-refractivity contribution >= 4 is 11.9 Å². The molecule has 0 bridgehead atoms. The zero-order valence-electron chi connectivity index (χ0n) is 12.5. The summed E-state index contributed by atoms with van der Waals surface area (Å²) in [7, 11) is 0. The predicted molar refractivity (Wildman–Crippen MR) is 79.8 cm³/mol. The minimum Gasteiger partial charge on any atom is -0.481 e. The lowest BCUT2D eigenvalue weighted by Crippen LogP contribution is -2.29. The van der Waals surface area contributed by atoms with Crippen LogP contribution in [0.1, 0.15) is 29.3 Å². The van der Waals surface area contributed by atoms with Crippen LogP contribution >= 0.6 is 0 Å². The number of carbonyl (C=O) groups is 2. The molecule has 0 aliphatic carbocycles. The molecule has 0 aliphatic rings. The molecule has 0 radical (unpaired) electrons. The normalized spacial score (nSPS) is 11.9. The molecule has 2 rings (SSSR count). The first-order valence-electron chi connectivity index (χ1n) is 6.93. The Labute approximate surface area is 128 Å². The topological polar surface area (TPSA) is 97.1 Å². The van der Waals surface area contributed by atoms with Gasteiger partial charge in [-0.15, -0.1) is 0 Å². The molecule has 1 amide bonds. The van der Waals surface area contributed by atoms with Crippen molar-refractivity contribution in [1.82, 2.24) is 20.1 Å². The van der Waals surface area contributed by atoms with Crippen LogP contribution in [0.2, 0.25) is 0 Å². The van der Waals surface area contributed by atoms with Gasteiger partial charge in [-0.2, -0.15) is 5.10 Å². The van der Waals surface area contributed by atoms with Crippen LogP contribution in [0.15, 0.2) is 30.9 Å². The highest BCUT2D eigenvalue weighted by Crippen LogP contribution is 2.14. The molecule has 116 valence electrons. The zero-order chi connectivity index (χ0) is 16.1. The van der Waals surface area contributed by atoms with Crippen molar-refractivity contribution in [2.45, 2.75) is 20.3 Å².